The minimum absolute atomic E-state index is 0.380. The second-order valence-corrected chi connectivity index (χ2v) is 5.57. The van der Waals surface area contributed by atoms with E-state index in [1.165, 1.54) is 0 Å². The van der Waals surface area contributed by atoms with Crippen molar-refractivity contribution in [3.63, 3.8) is 0 Å². The van der Waals surface area contributed by atoms with Gasteiger partial charge < -0.3 is 9.80 Å². The topological polar surface area (TPSA) is 60.9 Å². The molecule has 0 fully saturated rings. The number of hydrogen-bond acceptors (Lipinski definition) is 4. The molecule has 0 radical (unpaired) electrons. The Hall–Kier alpha value is -0.750. The molecule has 94 valence electrons. The minimum atomic E-state index is -3.99. The summed E-state index contributed by atoms with van der Waals surface area (Å²) in [5.41, 5.74) is 0. The zero-order valence-corrected chi connectivity index (χ0v) is 10.7. The van der Waals surface area contributed by atoms with Gasteiger partial charge in [-0.25, -0.2) is 0 Å². The van der Waals surface area contributed by atoms with Crippen molar-refractivity contribution in [1.82, 2.24) is 9.80 Å². The largest absolute Gasteiger partial charge is 0.359 e. The molecule has 0 saturated carbocycles. The Kier molecular flexibility index (Phi) is 4.61. The maximum absolute atomic E-state index is 11.1. The van der Waals surface area contributed by atoms with E-state index in [1.807, 2.05) is 6.20 Å². The SMILES string of the molecule is CCCCN1C=CN(C(CC)S(=O)(=O)O)C1. The Morgan fingerprint density at radius 2 is 2.06 bits per heavy atom. The fourth-order valence-corrected chi connectivity index (χ4v) is 2.69. The normalized spacial score (nSPS) is 18.2. The first-order valence-corrected chi connectivity index (χ1v) is 7.13. The van der Waals surface area contributed by atoms with Crippen LogP contribution in [0.3, 0.4) is 0 Å². The predicted molar refractivity (Wildman–Crippen MR) is 63.1 cm³/mol. The summed E-state index contributed by atoms with van der Waals surface area (Å²) in [7, 11) is -3.99. The van der Waals surface area contributed by atoms with Crippen molar-refractivity contribution in [2.45, 2.75) is 38.5 Å². The first kappa shape index (κ1) is 13.3. The van der Waals surface area contributed by atoms with Gasteiger partial charge in [-0.1, -0.05) is 20.3 Å². The van der Waals surface area contributed by atoms with Gasteiger partial charge in [0.05, 0.1) is 6.67 Å². The van der Waals surface area contributed by atoms with E-state index in [9.17, 15) is 8.42 Å². The second kappa shape index (κ2) is 5.54. The average Bonchev–Trinajstić information content (AvgIpc) is 2.62. The Balaban J connectivity index is 2.56. The van der Waals surface area contributed by atoms with E-state index in [0.29, 0.717) is 13.1 Å². The Bertz CT molecular complexity index is 340. The molecule has 0 aromatic heterocycles. The second-order valence-electron chi connectivity index (χ2n) is 4.00. The summed E-state index contributed by atoms with van der Waals surface area (Å²) in [4.78, 5) is 3.71. The van der Waals surface area contributed by atoms with Crippen molar-refractivity contribution in [2.75, 3.05) is 13.2 Å². The highest BCUT2D eigenvalue weighted by Gasteiger charge is 2.29. The highest BCUT2D eigenvalue weighted by atomic mass is 32.2. The van der Waals surface area contributed by atoms with Crippen LogP contribution in [0.25, 0.3) is 0 Å². The summed E-state index contributed by atoms with van der Waals surface area (Å²) in [6.07, 6.45) is 6.19. The summed E-state index contributed by atoms with van der Waals surface area (Å²) >= 11 is 0. The van der Waals surface area contributed by atoms with Crippen molar-refractivity contribution in [2.24, 2.45) is 0 Å². The van der Waals surface area contributed by atoms with Gasteiger partial charge in [0.1, 0.15) is 0 Å². The minimum Gasteiger partial charge on any atom is -0.359 e. The standard InChI is InChI=1S/C10H20N2O3S/c1-3-5-6-11-7-8-12(9-11)10(4-2)16(13,14)15/h7-8,10H,3-6,9H2,1-2H3,(H,13,14,15). The molecule has 0 saturated heterocycles. The highest BCUT2D eigenvalue weighted by molar-refractivity contribution is 7.86. The van der Waals surface area contributed by atoms with E-state index in [0.717, 1.165) is 19.4 Å². The van der Waals surface area contributed by atoms with Crippen LogP contribution in [0.5, 0.6) is 0 Å². The summed E-state index contributed by atoms with van der Waals surface area (Å²) in [6, 6.07) is 0. The molecule has 1 aliphatic heterocycles. The molecule has 0 spiro atoms. The fourth-order valence-electron chi connectivity index (χ4n) is 1.79. The summed E-state index contributed by atoms with van der Waals surface area (Å²) in [5.74, 6) is 0. The van der Waals surface area contributed by atoms with Crippen molar-refractivity contribution >= 4 is 10.1 Å². The maximum Gasteiger partial charge on any atom is 0.286 e. The van der Waals surface area contributed by atoms with Crippen LogP contribution in [-0.4, -0.2) is 41.4 Å². The summed E-state index contributed by atoms with van der Waals surface area (Å²) in [6.45, 7) is 5.33. The number of nitrogens with zero attached hydrogens (tertiary/aromatic N) is 2. The lowest BCUT2D eigenvalue weighted by Crippen LogP contribution is -2.39. The number of hydrogen-bond donors (Lipinski definition) is 1. The van der Waals surface area contributed by atoms with Crippen molar-refractivity contribution in [1.29, 1.82) is 0 Å². The van der Waals surface area contributed by atoms with Crippen LogP contribution in [0.4, 0.5) is 0 Å². The van der Waals surface area contributed by atoms with Crippen LogP contribution in [0, 0.1) is 0 Å². The molecule has 0 aliphatic carbocycles. The lowest BCUT2D eigenvalue weighted by Gasteiger charge is -2.26. The molecular formula is C10H20N2O3S. The molecule has 0 aromatic rings. The molecule has 0 amide bonds. The highest BCUT2D eigenvalue weighted by Crippen LogP contribution is 2.17. The Morgan fingerprint density at radius 3 is 2.56 bits per heavy atom. The van der Waals surface area contributed by atoms with Gasteiger partial charge in [-0.2, -0.15) is 8.42 Å². The molecule has 5 nitrogen and oxygen atoms in total. The van der Waals surface area contributed by atoms with E-state index in [4.69, 9.17) is 4.55 Å². The van der Waals surface area contributed by atoms with Gasteiger partial charge in [0.2, 0.25) is 0 Å². The third kappa shape index (κ3) is 3.38. The van der Waals surface area contributed by atoms with E-state index in [-0.39, 0.29) is 0 Å². The van der Waals surface area contributed by atoms with E-state index in [2.05, 4.69) is 11.8 Å². The molecule has 0 bridgehead atoms. The fraction of sp³-hybridized carbons (Fsp3) is 0.800. The molecule has 1 heterocycles. The van der Waals surface area contributed by atoms with Gasteiger partial charge in [-0.3, -0.25) is 4.55 Å². The quantitative estimate of drug-likeness (QED) is 0.721. The van der Waals surface area contributed by atoms with Crippen molar-refractivity contribution in [3.8, 4) is 0 Å². The van der Waals surface area contributed by atoms with Gasteiger partial charge in [-0.05, 0) is 12.8 Å². The average molecular weight is 248 g/mol. The monoisotopic (exact) mass is 248 g/mol. The molecule has 16 heavy (non-hydrogen) atoms. The third-order valence-electron chi connectivity index (χ3n) is 2.68. The smallest absolute Gasteiger partial charge is 0.286 e. The van der Waals surface area contributed by atoms with Gasteiger partial charge in [-0.15, -0.1) is 0 Å². The lowest BCUT2D eigenvalue weighted by atomic mass is 10.3. The van der Waals surface area contributed by atoms with Crippen LogP contribution >= 0.6 is 0 Å². The summed E-state index contributed by atoms with van der Waals surface area (Å²) in [5, 5.41) is -0.824. The van der Waals surface area contributed by atoms with Crippen molar-refractivity contribution in [3.05, 3.63) is 12.4 Å². The molecule has 1 aliphatic rings. The first-order chi connectivity index (χ1) is 7.49. The van der Waals surface area contributed by atoms with Crippen molar-refractivity contribution < 1.29 is 13.0 Å². The molecule has 1 atom stereocenters. The number of unbranched alkanes of at least 4 members (excludes halogenated alkanes) is 1. The van der Waals surface area contributed by atoms with E-state index >= 15 is 0 Å². The molecular weight excluding hydrogens is 228 g/mol. The van der Waals surface area contributed by atoms with Crippen LogP contribution in [0.1, 0.15) is 33.1 Å². The van der Waals surface area contributed by atoms with Crippen LogP contribution < -0.4 is 0 Å². The third-order valence-corrected chi connectivity index (χ3v) is 3.97. The zero-order valence-electron chi connectivity index (χ0n) is 9.83. The zero-order chi connectivity index (χ0) is 12.2. The number of rotatable bonds is 6. The van der Waals surface area contributed by atoms with Gasteiger partial charge in [0.15, 0.2) is 5.37 Å². The lowest BCUT2D eigenvalue weighted by molar-refractivity contribution is 0.235. The van der Waals surface area contributed by atoms with Crippen LogP contribution in [0.15, 0.2) is 12.4 Å². The molecule has 1 unspecified atom stereocenters. The Labute approximate surface area is 97.5 Å². The van der Waals surface area contributed by atoms with Gasteiger partial charge in [0, 0.05) is 18.9 Å². The maximum atomic E-state index is 11.1. The van der Waals surface area contributed by atoms with Crippen LogP contribution in [0.2, 0.25) is 0 Å². The van der Waals surface area contributed by atoms with E-state index < -0.39 is 15.5 Å². The molecule has 6 heteroatoms. The Morgan fingerprint density at radius 1 is 1.38 bits per heavy atom. The summed E-state index contributed by atoms with van der Waals surface area (Å²) < 4.78 is 31.3. The van der Waals surface area contributed by atoms with Crippen LogP contribution in [-0.2, 0) is 10.1 Å². The first-order valence-electron chi connectivity index (χ1n) is 5.63. The predicted octanol–water partition coefficient (Wildman–Crippen LogP) is 1.46. The van der Waals surface area contributed by atoms with E-state index in [1.54, 1.807) is 18.0 Å². The van der Waals surface area contributed by atoms with Gasteiger partial charge in [0.25, 0.3) is 10.1 Å². The van der Waals surface area contributed by atoms with Gasteiger partial charge >= 0.3 is 0 Å². The molecule has 1 rings (SSSR count). The molecule has 1 N–H and O–H groups in total. The molecule has 0 aromatic carbocycles.